The highest BCUT2D eigenvalue weighted by Crippen LogP contribution is 2.07. The Morgan fingerprint density at radius 2 is 2.00 bits per heavy atom. The highest BCUT2D eigenvalue weighted by Gasteiger charge is 2.05. The Hall–Kier alpha value is -0.900. The Balaban J connectivity index is 2.32. The quantitative estimate of drug-likeness (QED) is 0.643. The maximum absolute atomic E-state index is 9.04. The minimum Gasteiger partial charge on any atom is -0.396 e. The van der Waals surface area contributed by atoms with E-state index in [4.69, 9.17) is 10.2 Å². The first-order valence-electron chi connectivity index (χ1n) is 5.77. The summed E-state index contributed by atoms with van der Waals surface area (Å²) in [6.07, 6.45) is 1.55. The molecule has 1 aromatic carbocycles. The average molecular weight is 223 g/mol. The standard InChI is InChI=1S/C13H21NO2/c1-11-4-2-3-5-12(11)6-8-14-13(10-16)7-9-15/h2-5,13-16H,6-10H2,1H3. The van der Waals surface area contributed by atoms with E-state index in [1.54, 1.807) is 0 Å². The van der Waals surface area contributed by atoms with E-state index in [9.17, 15) is 0 Å². The van der Waals surface area contributed by atoms with Crippen molar-refractivity contribution in [2.24, 2.45) is 0 Å². The van der Waals surface area contributed by atoms with E-state index in [1.165, 1.54) is 11.1 Å². The lowest BCUT2D eigenvalue weighted by atomic mass is 10.1. The fraction of sp³-hybridized carbons (Fsp3) is 0.538. The maximum atomic E-state index is 9.04. The Labute approximate surface area is 97.1 Å². The molecule has 0 heterocycles. The zero-order valence-electron chi connectivity index (χ0n) is 9.82. The molecule has 3 nitrogen and oxygen atoms in total. The summed E-state index contributed by atoms with van der Waals surface area (Å²) in [5.41, 5.74) is 2.63. The van der Waals surface area contributed by atoms with Gasteiger partial charge in [-0.1, -0.05) is 24.3 Å². The number of nitrogens with one attached hydrogen (secondary N) is 1. The van der Waals surface area contributed by atoms with E-state index in [2.05, 4.69) is 24.4 Å². The summed E-state index contributed by atoms with van der Waals surface area (Å²) in [5, 5.41) is 21.0. The topological polar surface area (TPSA) is 52.5 Å². The molecule has 0 aliphatic carbocycles. The van der Waals surface area contributed by atoms with E-state index in [1.807, 2.05) is 12.1 Å². The van der Waals surface area contributed by atoms with Gasteiger partial charge in [-0.05, 0) is 37.4 Å². The summed E-state index contributed by atoms with van der Waals surface area (Å²) < 4.78 is 0. The molecule has 3 heteroatoms. The molecule has 0 aliphatic heterocycles. The maximum Gasteiger partial charge on any atom is 0.0585 e. The van der Waals surface area contributed by atoms with Crippen molar-refractivity contribution in [3.05, 3.63) is 35.4 Å². The fourth-order valence-electron chi connectivity index (χ4n) is 1.72. The molecular weight excluding hydrogens is 202 g/mol. The van der Waals surface area contributed by atoms with Crippen molar-refractivity contribution < 1.29 is 10.2 Å². The third-order valence-electron chi connectivity index (χ3n) is 2.79. The molecular formula is C13H21NO2. The van der Waals surface area contributed by atoms with Crippen LogP contribution in [-0.2, 0) is 6.42 Å². The summed E-state index contributed by atoms with van der Waals surface area (Å²) in [5.74, 6) is 0. The van der Waals surface area contributed by atoms with Crippen LogP contribution in [0.5, 0.6) is 0 Å². The van der Waals surface area contributed by atoms with Crippen LogP contribution in [0.3, 0.4) is 0 Å². The van der Waals surface area contributed by atoms with Crippen molar-refractivity contribution in [2.45, 2.75) is 25.8 Å². The van der Waals surface area contributed by atoms with E-state index in [0.29, 0.717) is 6.42 Å². The predicted octanol–water partition coefficient (Wildman–Crippen LogP) is 0.870. The molecule has 0 amide bonds. The molecule has 0 aliphatic rings. The van der Waals surface area contributed by atoms with Gasteiger partial charge in [0.25, 0.3) is 0 Å². The molecule has 1 rings (SSSR count). The third-order valence-corrected chi connectivity index (χ3v) is 2.79. The van der Waals surface area contributed by atoms with Crippen LogP contribution in [0.4, 0.5) is 0 Å². The summed E-state index contributed by atoms with van der Waals surface area (Å²) in [6, 6.07) is 8.31. The first kappa shape index (κ1) is 13.2. The van der Waals surface area contributed by atoms with Crippen LogP contribution in [-0.4, -0.2) is 36.0 Å². The van der Waals surface area contributed by atoms with Crippen LogP contribution < -0.4 is 5.32 Å². The Morgan fingerprint density at radius 1 is 1.25 bits per heavy atom. The summed E-state index contributed by atoms with van der Waals surface area (Å²) in [6.45, 7) is 3.12. The monoisotopic (exact) mass is 223 g/mol. The summed E-state index contributed by atoms with van der Waals surface area (Å²) in [4.78, 5) is 0. The zero-order valence-corrected chi connectivity index (χ0v) is 9.82. The second-order valence-corrected chi connectivity index (χ2v) is 4.02. The molecule has 0 bridgehead atoms. The summed E-state index contributed by atoms with van der Waals surface area (Å²) >= 11 is 0. The first-order valence-corrected chi connectivity index (χ1v) is 5.77. The number of hydrogen-bond acceptors (Lipinski definition) is 3. The first-order chi connectivity index (χ1) is 7.77. The Kier molecular flexibility index (Phi) is 6.08. The number of aliphatic hydroxyl groups excluding tert-OH is 2. The van der Waals surface area contributed by atoms with Crippen molar-refractivity contribution in [1.82, 2.24) is 5.32 Å². The molecule has 0 saturated carbocycles. The average Bonchev–Trinajstić information content (AvgIpc) is 2.30. The number of aryl methyl sites for hydroxylation is 1. The number of benzene rings is 1. The van der Waals surface area contributed by atoms with Crippen molar-refractivity contribution >= 4 is 0 Å². The van der Waals surface area contributed by atoms with Crippen LogP contribution >= 0.6 is 0 Å². The van der Waals surface area contributed by atoms with Crippen molar-refractivity contribution in [1.29, 1.82) is 0 Å². The van der Waals surface area contributed by atoms with Gasteiger partial charge in [-0.15, -0.1) is 0 Å². The highest BCUT2D eigenvalue weighted by molar-refractivity contribution is 5.25. The highest BCUT2D eigenvalue weighted by atomic mass is 16.3. The van der Waals surface area contributed by atoms with E-state index >= 15 is 0 Å². The van der Waals surface area contributed by atoms with Gasteiger partial charge < -0.3 is 15.5 Å². The van der Waals surface area contributed by atoms with E-state index < -0.39 is 0 Å². The van der Waals surface area contributed by atoms with Crippen molar-refractivity contribution in [2.75, 3.05) is 19.8 Å². The van der Waals surface area contributed by atoms with Crippen LogP contribution in [0.2, 0.25) is 0 Å². The van der Waals surface area contributed by atoms with Crippen LogP contribution in [0, 0.1) is 6.92 Å². The normalized spacial score (nSPS) is 12.7. The number of rotatable bonds is 7. The molecule has 1 aromatic rings. The van der Waals surface area contributed by atoms with Gasteiger partial charge in [0.15, 0.2) is 0 Å². The van der Waals surface area contributed by atoms with Crippen LogP contribution in [0.1, 0.15) is 17.5 Å². The van der Waals surface area contributed by atoms with Gasteiger partial charge in [0.1, 0.15) is 0 Å². The SMILES string of the molecule is Cc1ccccc1CCNC(CO)CCO. The molecule has 3 N–H and O–H groups in total. The van der Waals surface area contributed by atoms with Gasteiger partial charge in [0.05, 0.1) is 6.61 Å². The van der Waals surface area contributed by atoms with Crippen LogP contribution in [0.25, 0.3) is 0 Å². The molecule has 0 fully saturated rings. The zero-order chi connectivity index (χ0) is 11.8. The van der Waals surface area contributed by atoms with Crippen LogP contribution in [0.15, 0.2) is 24.3 Å². The molecule has 0 spiro atoms. The molecule has 0 saturated heterocycles. The second-order valence-electron chi connectivity index (χ2n) is 4.02. The second kappa shape index (κ2) is 7.39. The lowest BCUT2D eigenvalue weighted by molar-refractivity contribution is 0.201. The number of aliphatic hydroxyl groups is 2. The molecule has 90 valence electrons. The van der Waals surface area contributed by atoms with Gasteiger partial charge in [0.2, 0.25) is 0 Å². The molecule has 1 unspecified atom stereocenters. The van der Waals surface area contributed by atoms with E-state index in [0.717, 1.165) is 13.0 Å². The van der Waals surface area contributed by atoms with Gasteiger partial charge in [0, 0.05) is 12.6 Å². The number of hydrogen-bond donors (Lipinski definition) is 3. The Morgan fingerprint density at radius 3 is 2.62 bits per heavy atom. The van der Waals surface area contributed by atoms with Gasteiger partial charge in [-0.25, -0.2) is 0 Å². The van der Waals surface area contributed by atoms with Gasteiger partial charge in [-0.2, -0.15) is 0 Å². The molecule has 0 aromatic heterocycles. The smallest absolute Gasteiger partial charge is 0.0585 e. The fourth-order valence-corrected chi connectivity index (χ4v) is 1.72. The third kappa shape index (κ3) is 4.31. The van der Waals surface area contributed by atoms with E-state index in [-0.39, 0.29) is 19.3 Å². The molecule has 0 radical (unpaired) electrons. The molecule has 16 heavy (non-hydrogen) atoms. The molecule has 1 atom stereocenters. The Bertz CT molecular complexity index is 302. The van der Waals surface area contributed by atoms with Crippen molar-refractivity contribution in [3.8, 4) is 0 Å². The minimum absolute atomic E-state index is 0.00835. The predicted molar refractivity (Wildman–Crippen MR) is 65.5 cm³/mol. The van der Waals surface area contributed by atoms with Crippen molar-refractivity contribution in [3.63, 3.8) is 0 Å². The lowest BCUT2D eigenvalue weighted by Gasteiger charge is -2.15. The largest absolute Gasteiger partial charge is 0.396 e. The lowest BCUT2D eigenvalue weighted by Crippen LogP contribution is -2.34. The summed E-state index contributed by atoms with van der Waals surface area (Å²) in [7, 11) is 0. The van der Waals surface area contributed by atoms with Gasteiger partial charge >= 0.3 is 0 Å². The van der Waals surface area contributed by atoms with Gasteiger partial charge in [-0.3, -0.25) is 0 Å². The minimum atomic E-state index is 0.00835.